The van der Waals surface area contributed by atoms with Crippen LogP contribution in [0.25, 0.3) is 0 Å². The Hall–Kier alpha value is -0.290. The highest BCUT2D eigenvalue weighted by molar-refractivity contribution is 14.1. The molecule has 0 aliphatic heterocycles. The van der Waals surface area contributed by atoms with E-state index < -0.39 is 0 Å². The fourth-order valence-corrected chi connectivity index (χ4v) is 3.20. The van der Waals surface area contributed by atoms with Crippen LogP contribution < -0.4 is 5.32 Å². The van der Waals surface area contributed by atoms with Crippen molar-refractivity contribution in [1.82, 2.24) is 5.32 Å². The lowest BCUT2D eigenvalue weighted by molar-refractivity contribution is 0.0909. The maximum Gasteiger partial charge on any atom is 0.252 e. The van der Waals surface area contributed by atoms with E-state index in [4.69, 9.17) is 11.6 Å². The van der Waals surface area contributed by atoms with Crippen LogP contribution in [0.15, 0.2) is 18.2 Å². The first-order valence-electron chi connectivity index (χ1n) is 6.34. The lowest BCUT2D eigenvalue weighted by Gasteiger charge is -2.29. The minimum Gasteiger partial charge on any atom is -0.349 e. The van der Waals surface area contributed by atoms with Crippen molar-refractivity contribution in [1.29, 1.82) is 0 Å². The van der Waals surface area contributed by atoms with E-state index in [2.05, 4.69) is 34.8 Å². The van der Waals surface area contributed by atoms with Crippen molar-refractivity contribution in [2.24, 2.45) is 5.92 Å². The second-order valence-corrected chi connectivity index (χ2v) is 6.56. The van der Waals surface area contributed by atoms with Crippen molar-refractivity contribution in [3.05, 3.63) is 32.4 Å². The van der Waals surface area contributed by atoms with Crippen molar-refractivity contribution in [3.63, 3.8) is 0 Å². The van der Waals surface area contributed by atoms with Gasteiger partial charge in [-0.15, -0.1) is 0 Å². The quantitative estimate of drug-likeness (QED) is 0.767. The summed E-state index contributed by atoms with van der Waals surface area (Å²) >= 11 is 8.12. The summed E-state index contributed by atoms with van der Waals surface area (Å²) in [5, 5.41) is 3.76. The number of rotatable bonds is 2. The zero-order valence-electron chi connectivity index (χ0n) is 10.4. The summed E-state index contributed by atoms with van der Waals surface area (Å²) < 4.78 is 0.943. The van der Waals surface area contributed by atoms with Gasteiger partial charge in [-0.2, -0.15) is 0 Å². The molecule has 2 unspecified atom stereocenters. The predicted octanol–water partition coefficient (Wildman–Crippen LogP) is 4.25. The monoisotopic (exact) mass is 377 g/mol. The lowest BCUT2D eigenvalue weighted by Crippen LogP contribution is -2.41. The van der Waals surface area contributed by atoms with Crippen molar-refractivity contribution in [3.8, 4) is 0 Å². The normalized spacial score (nSPS) is 23.7. The molecule has 2 nitrogen and oxygen atoms in total. The molecule has 1 aliphatic rings. The number of hydrogen-bond donors (Lipinski definition) is 1. The van der Waals surface area contributed by atoms with Crippen LogP contribution in [0.2, 0.25) is 5.02 Å². The first kappa shape index (κ1) is 14.1. The largest absolute Gasteiger partial charge is 0.349 e. The van der Waals surface area contributed by atoms with Gasteiger partial charge in [0.1, 0.15) is 0 Å². The molecule has 1 fully saturated rings. The van der Waals surface area contributed by atoms with Gasteiger partial charge in [0.2, 0.25) is 0 Å². The summed E-state index contributed by atoms with van der Waals surface area (Å²) in [5.74, 6) is 0.570. The van der Waals surface area contributed by atoms with Gasteiger partial charge in [-0.05, 0) is 59.5 Å². The maximum atomic E-state index is 12.3. The average molecular weight is 378 g/mol. The van der Waals surface area contributed by atoms with Crippen LogP contribution in [0.4, 0.5) is 0 Å². The molecule has 1 aromatic rings. The fraction of sp³-hybridized carbons (Fsp3) is 0.500. The Balaban J connectivity index is 2.09. The van der Waals surface area contributed by atoms with Gasteiger partial charge in [-0.25, -0.2) is 0 Å². The molecule has 1 amide bonds. The summed E-state index contributed by atoms with van der Waals surface area (Å²) in [7, 11) is 0. The van der Waals surface area contributed by atoms with Gasteiger partial charge in [0, 0.05) is 14.6 Å². The minimum atomic E-state index is 0.000602. The first-order valence-corrected chi connectivity index (χ1v) is 7.79. The highest BCUT2D eigenvalue weighted by Gasteiger charge is 2.23. The van der Waals surface area contributed by atoms with Crippen molar-refractivity contribution < 1.29 is 4.79 Å². The van der Waals surface area contributed by atoms with Gasteiger partial charge in [-0.1, -0.05) is 31.4 Å². The molecule has 1 saturated carbocycles. The molecule has 0 spiro atoms. The molecule has 1 aliphatic carbocycles. The summed E-state index contributed by atoms with van der Waals surface area (Å²) in [4.78, 5) is 12.3. The lowest BCUT2D eigenvalue weighted by atomic mass is 9.86. The van der Waals surface area contributed by atoms with Crippen molar-refractivity contribution in [2.45, 2.75) is 38.6 Å². The molecule has 0 heterocycles. The zero-order valence-corrected chi connectivity index (χ0v) is 13.3. The summed E-state index contributed by atoms with van der Waals surface area (Å²) in [5.41, 5.74) is 0.681. The van der Waals surface area contributed by atoms with E-state index in [1.165, 1.54) is 19.3 Å². The topological polar surface area (TPSA) is 29.1 Å². The van der Waals surface area contributed by atoms with Gasteiger partial charge in [0.25, 0.3) is 5.91 Å². The second kappa shape index (κ2) is 6.24. The molecule has 98 valence electrons. The van der Waals surface area contributed by atoms with Crippen LogP contribution in [0.5, 0.6) is 0 Å². The summed E-state index contributed by atoms with van der Waals surface area (Å²) in [6.45, 7) is 2.22. The number of nitrogens with one attached hydrogen (secondary N) is 1. The van der Waals surface area contributed by atoms with E-state index in [1.807, 2.05) is 12.1 Å². The van der Waals surface area contributed by atoms with Gasteiger partial charge >= 0.3 is 0 Å². The Kier molecular flexibility index (Phi) is 4.90. The van der Waals surface area contributed by atoms with Crippen molar-refractivity contribution in [2.75, 3.05) is 0 Å². The minimum absolute atomic E-state index is 0.000602. The van der Waals surface area contributed by atoms with Crippen LogP contribution in [-0.4, -0.2) is 11.9 Å². The zero-order chi connectivity index (χ0) is 13.1. The molecule has 0 bridgehead atoms. The Morgan fingerprint density at radius 2 is 2.11 bits per heavy atom. The molecule has 0 aromatic heterocycles. The molecule has 2 atom stereocenters. The van der Waals surface area contributed by atoms with E-state index in [0.29, 0.717) is 22.5 Å². The van der Waals surface area contributed by atoms with E-state index in [1.54, 1.807) is 6.07 Å². The smallest absolute Gasteiger partial charge is 0.252 e. The van der Waals surface area contributed by atoms with E-state index in [0.717, 1.165) is 9.99 Å². The van der Waals surface area contributed by atoms with Gasteiger partial charge in [0.05, 0.1) is 5.56 Å². The highest BCUT2D eigenvalue weighted by atomic mass is 127. The highest BCUT2D eigenvalue weighted by Crippen LogP contribution is 2.25. The Labute approximate surface area is 127 Å². The van der Waals surface area contributed by atoms with Gasteiger partial charge in [0.15, 0.2) is 0 Å². The first-order chi connectivity index (χ1) is 8.58. The number of halogens is 2. The standard InChI is InChI=1S/C14H17ClINO/c1-9-4-2-3-5-13(9)17-14(18)11-8-10(15)6-7-12(11)16/h6-9,13H,2-5H2,1H3,(H,17,18). The third-order valence-corrected chi connectivity index (χ3v) is 4.78. The van der Waals surface area contributed by atoms with Crippen molar-refractivity contribution >= 4 is 40.1 Å². The van der Waals surface area contributed by atoms with Crippen LogP contribution in [0, 0.1) is 9.49 Å². The molecule has 0 saturated heterocycles. The summed E-state index contributed by atoms with van der Waals surface area (Å²) in [6.07, 6.45) is 4.78. The predicted molar refractivity (Wildman–Crippen MR) is 83.1 cm³/mol. The SMILES string of the molecule is CC1CCCCC1NC(=O)c1cc(Cl)ccc1I. The van der Waals surface area contributed by atoms with E-state index in [9.17, 15) is 4.79 Å². The number of carbonyl (C=O) groups excluding carboxylic acids is 1. The third kappa shape index (κ3) is 3.38. The van der Waals surface area contributed by atoms with Gasteiger partial charge < -0.3 is 5.32 Å². The van der Waals surface area contributed by atoms with Gasteiger partial charge in [-0.3, -0.25) is 4.79 Å². The number of benzene rings is 1. The maximum absolute atomic E-state index is 12.3. The number of hydrogen-bond acceptors (Lipinski definition) is 1. The Morgan fingerprint density at radius 3 is 2.83 bits per heavy atom. The Morgan fingerprint density at radius 1 is 1.39 bits per heavy atom. The number of amides is 1. The Bertz CT molecular complexity index is 449. The van der Waals surface area contributed by atoms with Crippen LogP contribution in [0.3, 0.4) is 0 Å². The molecule has 18 heavy (non-hydrogen) atoms. The van der Waals surface area contributed by atoms with E-state index >= 15 is 0 Å². The van der Waals surface area contributed by atoms with Crippen LogP contribution in [-0.2, 0) is 0 Å². The number of carbonyl (C=O) groups is 1. The molecule has 4 heteroatoms. The molecular formula is C14H17ClINO. The fourth-order valence-electron chi connectivity index (χ4n) is 2.45. The van der Waals surface area contributed by atoms with Crippen LogP contribution >= 0.6 is 34.2 Å². The summed E-state index contributed by atoms with van der Waals surface area (Å²) in [6, 6.07) is 5.73. The second-order valence-electron chi connectivity index (χ2n) is 4.97. The molecule has 1 aromatic carbocycles. The average Bonchev–Trinajstić information content (AvgIpc) is 2.35. The van der Waals surface area contributed by atoms with E-state index in [-0.39, 0.29) is 5.91 Å². The van der Waals surface area contributed by atoms with Crippen LogP contribution in [0.1, 0.15) is 43.0 Å². The third-order valence-electron chi connectivity index (χ3n) is 3.60. The molecule has 0 radical (unpaired) electrons. The molecule has 1 N–H and O–H groups in total. The molecule has 2 rings (SSSR count). The molecular weight excluding hydrogens is 361 g/mol.